The van der Waals surface area contributed by atoms with E-state index in [0.717, 1.165) is 39.2 Å². The summed E-state index contributed by atoms with van der Waals surface area (Å²) in [6, 6.07) is 15.6. The standard InChI is InChI=1S/C27H27N5O3.2C2H6O3S/c1-18-13-21(8-11-25(18)35-22-9-6-19(2)29-15-22)32-27-23-14-20(7-10-24(23)30-17-31-27)5-4-12-28-26(33)16-34-3;2*1-2-6(3,4)5/h4-11,13-15,17H,12,16H2,1-3H3,(H,28,33)(H,30,31,32);2*2H2,1H3,(H,3,4,5)/b5-4+;;. The molecule has 2 aromatic carbocycles. The fraction of sp³-hybridized carbons (Fsp3) is 0.290. The summed E-state index contributed by atoms with van der Waals surface area (Å²) in [4.78, 5) is 24.6. The van der Waals surface area contributed by atoms with Gasteiger partial charge in [-0.2, -0.15) is 16.8 Å². The van der Waals surface area contributed by atoms with Gasteiger partial charge in [0.25, 0.3) is 20.2 Å². The molecule has 254 valence electrons. The highest BCUT2D eigenvalue weighted by Crippen LogP contribution is 2.30. The number of nitrogens with one attached hydrogen (secondary N) is 2. The Kier molecular flexibility index (Phi) is 15.3. The Labute approximate surface area is 274 Å². The summed E-state index contributed by atoms with van der Waals surface area (Å²) in [6.45, 7) is 7.14. The quantitative estimate of drug-likeness (QED) is 0.157. The molecule has 0 saturated heterocycles. The van der Waals surface area contributed by atoms with Gasteiger partial charge in [0.2, 0.25) is 5.91 Å². The van der Waals surface area contributed by atoms with Gasteiger partial charge in [0.05, 0.1) is 23.2 Å². The van der Waals surface area contributed by atoms with E-state index in [1.165, 1.54) is 21.0 Å². The van der Waals surface area contributed by atoms with Gasteiger partial charge in [-0.3, -0.25) is 18.9 Å². The molecule has 0 saturated carbocycles. The van der Waals surface area contributed by atoms with Gasteiger partial charge in [-0.15, -0.1) is 0 Å². The molecule has 0 bridgehead atoms. The van der Waals surface area contributed by atoms with Crippen molar-refractivity contribution in [1.82, 2.24) is 20.3 Å². The van der Waals surface area contributed by atoms with Gasteiger partial charge in [0.1, 0.15) is 30.3 Å². The minimum Gasteiger partial charge on any atom is -0.455 e. The third-order valence-electron chi connectivity index (χ3n) is 5.94. The number of rotatable bonds is 11. The highest BCUT2D eigenvalue weighted by Gasteiger charge is 2.08. The van der Waals surface area contributed by atoms with Crippen LogP contribution in [0, 0.1) is 13.8 Å². The number of ether oxygens (including phenoxy) is 2. The maximum atomic E-state index is 11.5. The number of aromatic nitrogens is 3. The zero-order valence-corrected chi connectivity index (χ0v) is 28.3. The van der Waals surface area contributed by atoms with Crippen LogP contribution in [-0.2, 0) is 29.8 Å². The van der Waals surface area contributed by atoms with Crippen LogP contribution < -0.4 is 15.4 Å². The first-order valence-electron chi connectivity index (χ1n) is 14.2. The van der Waals surface area contributed by atoms with Gasteiger partial charge >= 0.3 is 0 Å². The van der Waals surface area contributed by atoms with Crippen LogP contribution in [0.1, 0.15) is 30.7 Å². The SMILES string of the molecule is CCS(=O)(=O)O.CCS(=O)(=O)O.COCC(=O)NC/C=C/c1ccc2ncnc(Nc3ccc(Oc4ccc(C)nc4)c(C)c3)c2c1. The first-order chi connectivity index (χ1) is 22.1. The van der Waals surface area contributed by atoms with Gasteiger partial charge in [0, 0.05) is 30.4 Å². The minimum absolute atomic E-state index is 0.0475. The van der Waals surface area contributed by atoms with Crippen LogP contribution in [0.5, 0.6) is 11.5 Å². The van der Waals surface area contributed by atoms with E-state index in [2.05, 4.69) is 25.6 Å². The third kappa shape index (κ3) is 15.1. The monoisotopic (exact) mass is 689 g/mol. The summed E-state index contributed by atoms with van der Waals surface area (Å²) in [5, 5.41) is 7.05. The average Bonchev–Trinajstić information content (AvgIpc) is 3.02. The molecule has 0 radical (unpaired) electrons. The summed E-state index contributed by atoms with van der Waals surface area (Å²) < 4.78 is 64.6. The molecule has 0 aliphatic heterocycles. The lowest BCUT2D eigenvalue weighted by atomic mass is 10.1. The number of methoxy groups -OCH3 is 1. The molecule has 0 aliphatic rings. The second-order valence-corrected chi connectivity index (χ2v) is 13.2. The number of carbonyl (C=O) groups is 1. The largest absolute Gasteiger partial charge is 0.455 e. The van der Waals surface area contributed by atoms with Crippen molar-refractivity contribution >= 4 is 54.6 Å². The second kappa shape index (κ2) is 18.6. The van der Waals surface area contributed by atoms with Crippen LogP contribution in [0.4, 0.5) is 11.5 Å². The molecule has 0 atom stereocenters. The first kappa shape index (κ1) is 38.7. The van der Waals surface area contributed by atoms with E-state index in [0.29, 0.717) is 18.1 Å². The Morgan fingerprint density at radius 3 is 2.17 bits per heavy atom. The number of anilines is 2. The highest BCUT2D eigenvalue weighted by molar-refractivity contribution is 7.85. The molecule has 4 aromatic rings. The number of amides is 1. The molecule has 2 aromatic heterocycles. The summed E-state index contributed by atoms with van der Waals surface area (Å²) >= 11 is 0. The lowest BCUT2D eigenvalue weighted by Crippen LogP contribution is -2.26. The van der Waals surface area contributed by atoms with Crippen molar-refractivity contribution in [2.45, 2.75) is 27.7 Å². The van der Waals surface area contributed by atoms with Crippen molar-refractivity contribution in [2.24, 2.45) is 0 Å². The Hall–Kier alpha value is -4.48. The van der Waals surface area contributed by atoms with E-state index in [1.807, 2.05) is 74.5 Å². The van der Waals surface area contributed by atoms with Crippen molar-refractivity contribution in [3.63, 3.8) is 0 Å². The maximum absolute atomic E-state index is 11.5. The summed E-state index contributed by atoms with van der Waals surface area (Å²) in [5.41, 5.74) is 4.62. The highest BCUT2D eigenvalue weighted by atomic mass is 32.2. The number of pyridine rings is 1. The first-order valence-corrected chi connectivity index (χ1v) is 17.4. The predicted octanol–water partition coefficient (Wildman–Crippen LogP) is 4.74. The van der Waals surface area contributed by atoms with Gasteiger partial charge in [0.15, 0.2) is 0 Å². The van der Waals surface area contributed by atoms with E-state index in [9.17, 15) is 21.6 Å². The summed E-state index contributed by atoms with van der Waals surface area (Å²) in [6.07, 6.45) is 7.09. The Bertz CT molecular complexity index is 1830. The molecule has 0 fully saturated rings. The number of aryl methyl sites for hydroxylation is 2. The van der Waals surface area contributed by atoms with Crippen molar-refractivity contribution in [2.75, 3.05) is 37.1 Å². The fourth-order valence-corrected chi connectivity index (χ4v) is 3.45. The molecule has 16 heteroatoms. The van der Waals surface area contributed by atoms with E-state index >= 15 is 0 Å². The van der Waals surface area contributed by atoms with Crippen LogP contribution in [-0.4, -0.2) is 78.6 Å². The zero-order chi connectivity index (χ0) is 35.0. The topological polar surface area (TPSA) is 207 Å². The van der Waals surface area contributed by atoms with Crippen molar-refractivity contribution in [3.05, 3.63) is 84.0 Å². The fourth-order valence-electron chi connectivity index (χ4n) is 3.45. The molecule has 4 N–H and O–H groups in total. The molecule has 47 heavy (non-hydrogen) atoms. The number of nitrogens with zero attached hydrogens (tertiary/aromatic N) is 3. The molecule has 14 nitrogen and oxygen atoms in total. The Morgan fingerprint density at radius 2 is 1.60 bits per heavy atom. The predicted molar refractivity (Wildman–Crippen MR) is 181 cm³/mol. The molecule has 0 unspecified atom stereocenters. The van der Waals surface area contributed by atoms with Crippen molar-refractivity contribution in [3.8, 4) is 11.5 Å². The number of carbonyl (C=O) groups excluding carboxylic acids is 1. The second-order valence-electron chi connectivity index (χ2n) is 9.72. The number of hydrogen-bond donors (Lipinski definition) is 4. The molecular formula is C31H39N5O9S2. The van der Waals surface area contributed by atoms with E-state index in [4.69, 9.17) is 18.6 Å². The van der Waals surface area contributed by atoms with Crippen molar-refractivity contribution < 1.29 is 40.2 Å². The molecule has 0 aliphatic carbocycles. The zero-order valence-electron chi connectivity index (χ0n) is 26.7. The summed E-state index contributed by atoms with van der Waals surface area (Å²) in [5.74, 6) is 1.60. The van der Waals surface area contributed by atoms with Crippen LogP contribution >= 0.6 is 0 Å². The van der Waals surface area contributed by atoms with Crippen LogP contribution in [0.15, 0.2) is 67.1 Å². The lowest BCUT2D eigenvalue weighted by Gasteiger charge is -2.12. The molecule has 0 spiro atoms. The van der Waals surface area contributed by atoms with E-state index < -0.39 is 20.2 Å². The van der Waals surface area contributed by atoms with Crippen LogP contribution in [0.2, 0.25) is 0 Å². The Balaban J connectivity index is 0.000000546. The molecule has 2 heterocycles. The number of benzene rings is 2. The van der Waals surface area contributed by atoms with Crippen LogP contribution in [0.3, 0.4) is 0 Å². The number of fused-ring (bicyclic) bond motifs is 1. The van der Waals surface area contributed by atoms with Gasteiger partial charge in [-0.05, 0) is 81.3 Å². The third-order valence-corrected chi connectivity index (χ3v) is 7.40. The minimum atomic E-state index is -3.66. The van der Waals surface area contributed by atoms with Gasteiger partial charge in [-0.1, -0.05) is 18.2 Å². The summed E-state index contributed by atoms with van der Waals surface area (Å²) in [7, 11) is -5.83. The van der Waals surface area contributed by atoms with E-state index in [-0.39, 0.29) is 24.0 Å². The maximum Gasteiger partial charge on any atom is 0.264 e. The Morgan fingerprint density at radius 1 is 0.915 bits per heavy atom. The van der Waals surface area contributed by atoms with E-state index in [1.54, 1.807) is 12.5 Å². The average molecular weight is 690 g/mol. The van der Waals surface area contributed by atoms with Crippen molar-refractivity contribution in [1.29, 1.82) is 0 Å². The smallest absolute Gasteiger partial charge is 0.264 e. The van der Waals surface area contributed by atoms with Crippen LogP contribution in [0.25, 0.3) is 17.0 Å². The molecular weight excluding hydrogens is 651 g/mol. The molecule has 1 amide bonds. The normalized spacial score (nSPS) is 11.2. The van der Waals surface area contributed by atoms with Gasteiger partial charge < -0.3 is 20.1 Å². The lowest BCUT2D eigenvalue weighted by molar-refractivity contribution is -0.124. The molecule has 4 rings (SSSR count). The number of hydrogen-bond acceptors (Lipinski definition) is 11. The van der Waals surface area contributed by atoms with Gasteiger partial charge in [-0.25, -0.2) is 9.97 Å².